The Kier molecular flexibility index (Phi) is 7.25. The Labute approximate surface area is 152 Å². The van der Waals surface area contributed by atoms with Gasteiger partial charge in [-0.25, -0.2) is 0 Å². The number of halogens is 1. The molecule has 1 aromatic carbocycles. The molecule has 0 bridgehead atoms. The summed E-state index contributed by atoms with van der Waals surface area (Å²) in [6, 6.07) is 8.94. The zero-order chi connectivity index (χ0) is 18.2. The van der Waals surface area contributed by atoms with Gasteiger partial charge in [0.15, 0.2) is 0 Å². The summed E-state index contributed by atoms with van der Waals surface area (Å²) in [5, 5.41) is 5.08. The SMILES string of the molecule is CC(Cl)C(=O)N1CCC(C(=O)NCCNC(=O)c2ccccc2)CC1. The van der Waals surface area contributed by atoms with Crippen LogP contribution in [0.25, 0.3) is 0 Å². The van der Waals surface area contributed by atoms with E-state index in [-0.39, 0.29) is 23.6 Å². The predicted molar refractivity (Wildman–Crippen MR) is 96.4 cm³/mol. The van der Waals surface area contributed by atoms with E-state index in [9.17, 15) is 14.4 Å². The highest BCUT2D eigenvalue weighted by atomic mass is 35.5. The lowest BCUT2D eigenvalue weighted by Crippen LogP contribution is -2.45. The number of carbonyl (C=O) groups excluding carboxylic acids is 3. The van der Waals surface area contributed by atoms with Gasteiger partial charge in [-0.1, -0.05) is 18.2 Å². The van der Waals surface area contributed by atoms with Crippen molar-refractivity contribution in [3.8, 4) is 0 Å². The second-order valence-corrected chi connectivity index (χ2v) is 6.78. The molecule has 0 spiro atoms. The lowest BCUT2D eigenvalue weighted by atomic mass is 9.95. The van der Waals surface area contributed by atoms with Gasteiger partial charge in [-0.05, 0) is 31.9 Å². The van der Waals surface area contributed by atoms with Crippen LogP contribution in [0.5, 0.6) is 0 Å². The largest absolute Gasteiger partial charge is 0.354 e. The molecule has 1 unspecified atom stereocenters. The lowest BCUT2D eigenvalue weighted by molar-refractivity contribution is -0.135. The van der Waals surface area contributed by atoms with E-state index in [2.05, 4.69) is 10.6 Å². The zero-order valence-electron chi connectivity index (χ0n) is 14.3. The Hall–Kier alpha value is -2.08. The summed E-state index contributed by atoms with van der Waals surface area (Å²) in [5.41, 5.74) is 0.597. The molecule has 1 aliphatic heterocycles. The minimum absolute atomic E-state index is 0.0278. The van der Waals surface area contributed by atoms with Crippen molar-refractivity contribution in [3.05, 3.63) is 35.9 Å². The molecule has 7 heteroatoms. The number of likely N-dealkylation sites (tertiary alicyclic amines) is 1. The van der Waals surface area contributed by atoms with Crippen molar-refractivity contribution in [1.82, 2.24) is 15.5 Å². The Bertz CT molecular complexity index is 599. The molecule has 1 atom stereocenters. The maximum atomic E-state index is 12.2. The van der Waals surface area contributed by atoms with E-state index in [0.29, 0.717) is 44.6 Å². The molecule has 3 amide bonds. The van der Waals surface area contributed by atoms with Crippen molar-refractivity contribution in [2.45, 2.75) is 25.1 Å². The van der Waals surface area contributed by atoms with Gasteiger partial charge in [0.05, 0.1) is 0 Å². The number of benzene rings is 1. The molecule has 0 saturated carbocycles. The summed E-state index contributed by atoms with van der Waals surface area (Å²) in [4.78, 5) is 37.6. The van der Waals surface area contributed by atoms with E-state index >= 15 is 0 Å². The third kappa shape index (κ3) is 5.74. The molecule has 25 heavy (non-hydrogen) atoms. The van der Waals surface area contributed by atoms with Crippen LogP contribution in [0.3, 0.4) is 0 Å². The zero-order valence-corrected chi connectivity index (χ0v) is 15.1. The first-order chi connectivity index (χ1) is 12.0. The molecule has 0 aromatic heterocycles. The molecular weight excluding hydrogens is 342 g/mol. The summed E-state index contributed by atoms with van der Waals surface area (Å²) >= 11 is 5.81. The van der Waals surface area contributed by atoms with Crippen LogP contribution in [0.2, 0.25) is 0 Å². The first-order valence-corrected chi connectivity index (χ1v) is 8.96. The Balaban J connectivity index is 1.65. The van der Waals surface area contributed by atoms with Crippen molar-refractivity contribution in [2.24, 2.45) is 5.92 Å². The molecule has 1 saturated heterocycles. The lowest BCUT2D eigenvalue weighted by Gasteiger charge is -2.32. The molecule has 2 rings (SSSR count). The number of nitrogens with zero attached hydrogens (tertiary/aromatic N) is 1. The van der Waals surface area contributed by atoms with Crippen molar-refractivity contribution >= 4 is 29.3 Å². The third-order valence-corrected chi connectivity index (χ3v) is 4.45. The van der Waals surface area contributed by atoms with Gasteiger partial charge in [-0.2, -0.15) is 0 Å². The van der Waals surface area contributed by atoms with Gasteiger partial charge in [0.2, 0.25) is 11.8 Å². The Morgan fingerprint density at radius 3 is 2.32 bits per heavy atom. The minimum Gasteiger partial charge on any atom is -0.354 e. The summed E-state index contributed by atoms with van der Waals surface area (Å²) in [5.74, 6) is -0.361. The maximum Gasteiger partial charge on any atom is 0.251 e. The van der Waals surface area contributed by atoms with Crippen LogP contribution in [0.4, 0.5) is 0 Å². The molecule has 1 fully saturated rings. The average Bonchev–Trinajstić information content (AvgIpc) is 2.65. The highest BCUT2D eigenvalue weighted by Gasteiger charge is 2.28. The fourth-order valence-corrected chi connectivity index (χ4v) is 2.95. The average molecular weight is 366 g/mol. The van der Waals surface area contributed by atoms with Gasteiger partial charge in [0.1, 0.15) is 5.38 Å². The highest BCUT2D eigenvalue weighted by molar-refractivity contribution is 6.30. The fourth-order valence-electron chi connectivity index (χ4n) is 2.81. The standard InChI is InChI=1S/C18H24ClN3O3/c1-13(19)18(25)22-11-7-15(8-12-22)17(24)21-10-9-20-16(23)14-5-3-2-4-6-14/h2-6,13,15H,7-12H2,1H3,(H,20,23)(H,21,24). The van der Waals surface area contributed by atoms with E-state index in [4.69, 9.17) is 11.6 Å². The first kappa shape index (κ1) is 19.2. The van der Waals surface area contributed by atoms with Crippen LogP contribution in [-0.4, -0.2) is 54.2 Å². The van der Waals surface area contributed by atoms with Crippen molar-refractivity contribution < 1.29 is 14.4 Å². The first-order valence-electron chi connectivity index (χ1n) is 8.53. The number of nitrogens with one attached hydrogen (secondary N) is 2. The number of piperidine rings is 1. The molecule has 2 N–H and O–H groups in total. The van der Waals surface area contributed by atoms with Gasteiger partial charge >= 0.3 is 0 Å². The summed E-state index contributed by atoms with van der Waals surface area (Å²) in [6.07, 6.45) is 1.27. The van der Waals surface area contributed by atoms with E-state index in [1.165, 1.54) is 0 Å². The van der Waals surface area contributed by atoms with Gasteiger partial charge in [-0.3, -0.25) is 14.4 Å². The summed E-state index contributed by atoms with van der Waals surface area (Å²) in [7, 11) is 0. The molecular formula is C18H24ClN3O3. The van der Waals surface area contributed by atoms with Crippen LogP contribution in [0, 0.1) is 5.92 Å². The third-order valence-electron chi connectivity index (χ3n) is 4.26. The molecule has 1 aliphatic rings. The normalized spacial score (nSPS) is 16.2. The smallest absolute Gasteiger partial charge is 0.251 e. The van der Waals surface area contributed by atoms with Gasteiger partial charge in [-0.15, -0.1) is 11.6 Å². The van der Waals surface area contributed by atoms with Gasteiger partial charge < -0.3 is 15.5 Å². The quantitative estimate of drug-likeness (QED) is 0.590. The summed E-state index contributed by atoms with van der Waals surface area (Å²) in [6.45, 7) is 3.53. The van der Waals surface area contributed by atoms with Crippen LogP contribution in [-0.2, 0) is 9.59 Å². The van der Waals surface area contributed by atoms with E-state index < -0.39 is 5.38 Å². The van der Waals surface area contributed by atoms with Gasteiger partial charge in [0, 0.05) is 37.7 Å². The molecule has 0 aliphatic carbocycles. The predicted octanol–water partition coefficient (Wildman–Crippen LogP) is 1.40. The number of hydrogen-bond acceptors (Lipinski definition) is 3. The van der Waals surface area contributed by atoms with Crippen molar-refractivity contribution in [2.75, 3.05) is 26.2 Å². The van der Waals surface area contributed by atoms with Crippen LogP contribution in [0.15, 0.2) is 30.3 Å². The molecule has 136 valence electrons. The van der Waals surface area contributed by atoms with E-state index in [1.54, 1.807) is 36.1 Å². The molecule has 0 radical (unpaired) electrons. The number of carbonyl (C=O) groups is 3. The monoisotopic (exact) mass is 365 g/mol. The van der Waals surface area contributed by atoms with Gasteiger partial charge in [0.25, 0.3) is 5.91 Å². The molecule has 6 nitrogen and oxygen atoms in total. The minimum atomic E-state index is -0.529. The fraction of sp³-hybridized carbons (Fsp3) is 0.500. The number of rotatable bonds is 6. The van der Waals surface area contributed by atoms with Crippen LogP contribution < -0.4 is 10.6 Å². The topological polar surface area (TPSA) is 78.5 Å². The van der Waals surface area contributed by atoms with Crippen molar-refractivity contribution in [1.29, 1.82) is 0 Å². The molecule has 1 aromatic rings. The Morgan fingerprint density at radius 1 is 1.12 bits per heavy atom. The van der Waals surface area contributed by atoms with Crippen LogP contribution in [0.1, 0.15) is 30.1 Å². The van der Waals surface area contributed by atoms with E-state index in [0.717, 1.165) is 0 Å². The highest BCUT2D eigenvalue weighted by Crippen LogP contribution is 2.18. The number of hydrogen-bond donors (Lipinski definition) is 2. The van der Waals surface area contributed by atoms with Crippen molar-refractivity contribution in [3.63, 3.8) is 0 Å². The van der Waals surface area contributed by atoms with Crippen LogP contribution >= 0.6 is 11.6 Å². The molecule has 1 heterocycles. The number of amides is 3. The second-order valence-electron chi connectivity index (χ2n) is 6.13. The van der Waals surface area contributed by atoms with E-state index in [1.807, 2.05) is 6.07 Å². The number of alkyl halides is 1. The second kappa shape index (κ2) is 9.42. The summed E-state index contributed by atoms with van der Waals surface area (Å²) < 4.78 is 0. The Morgan fingerprint density at radius 2 is 1.72 bits per heavy atom. The maximum absolute atomic E-state index is 12.2.